The summed E-state index contributed by atoms with van der Waals surface area (Å²) < 4.78 is 23.2. The van der Waals surface area contributed by atoms with Crippen LogP contribution in [-0.2, 0) is 14.3 Å². The Morgan fingerprint density at radius 2 is 2.25 bits per heavy atom. The van der Waals surface area contributed by atoms with Crippen LogP contribution in [0.4, 0.5) is 4.39 Å². The first kappa shape index (κ1) is 14.3. The number of ether oxygens (including phenoxy) is 2. The summed E-state index contributed by atoms with van der Waals surface area (Å²) in [6.45, 7) is 0.459. The lowest BCUT2D eigenvalue weighted by atomic mass is 10.00. The molecular weight excluding hydrogens is 265 g/mol. The van der Waals surface area contributed by atoms with Crippen LogP contribution in [-0.4, -0.2) is 25.6 Å². The Morgan fingerprint density at radius 1 is 1.45 bits per heavy atom. The van der Waals surface area contributed by atoms with Gasteiger partial charge in [-0.3, -0.25) is 9.59 Å². The largest absolute Gasteiger partial charge is 0.493 e. The monoisotopic (exact) mass is 281 g/mol. The van der Waals surface area contributed by atoms with Crippen molar-refractivity contribution < 1.29 is 23.5 Å². The quantitative estimate of drug-likeness (QED) is 0.853. The van der Waals surface area contributed by atoms with Crippen LogP contribution in [0.15, 0.2) is 18.2 Å². The first-order valence-corrected chi connectivity index (χ1v) is 6.38. The highest BCUT2D eigenvalue weighted by atomic mass is 19.1. The standard InChI is InChI=1S/C14H16FNO4/c1-19-14(18)5-4-13(17)16-11-6-7-20-12-3-2-9(15)8-10(11)12/h2-3,8,11H,4-7H2,1H3,(H,16,17). The maximum atomic E-state index is 13.3. The van der Waals surface area contributed by atoms with E-state index in [-0.39, 0.29) is 30.6 Å². The van der Waals surface area contributed by atoms with E-state index in [0.717, 1.165) is 0 Å². The highest BCUT2D eigenvalue weighted by Crippen LogP contribution is 2.32. The molecule has 6 heteroatoms. The molecule has 0 aliphatic carbocycles. The number of methoxy groups -OCH3 is 1. The number of fused-ring (bicyclic) bond motifs is 1. The normalized spacial score (nSPS) is 16.8. The van der Waals surface area contributed by atoms with Gasteiger partial charge >= 0.3 is 5.97 Å². The molecule has 20 heavy (non-hydrogen) atoms. The van der Waals surface area contributed by atoms with Crippen molar-refractivity contribution in [2.45, 2.75) is 25.3 Å². The van der Waals surface area contributed by atoms with Crippen LogP contribution in [0.3, 0.4) is 0 Å². The maximum absolute atomic E-state index is 13.3. The minimum atomic E-state index is -0.432. The molecule has 0 saturated carbocycles. The van der Waals surface area contributed by atoms with Gasteiger partial charge in [0, 0.05) is 18.4 Å². The molecule has 0 aromatic heterocycles. The third-order valence-corrected chi connectivity index (χ3v) is 3.13. The van der Waals surface area contributed by atoms with Gasteiger partial charge in [-0.1, -0.05) is 0 Å². The van der Waals surface area contributed by atoms with Crippen molar-refractivity contribution in [3.8, 4) is 5.75 Å². The smallest absolute Gasteiger partial charge is 0.306 e. The lowest BCUT2D eigenvalue weighted by Crippen LogP contribution is -2.32. The molecule has 1 aliphatic rings. The second kappa shape index (κ2) is 6.36. The predicted octanol–water partition coefficient (Wildman–Crippen LogP) is 1.72. The van der Waals surface area contributed by atoms with E-state index in [9.17, 15) is 14.0 Å². The summed E-state index contributed by atoms with van der Waals surface area (Å²) in [7, 11) is 1.28. The van der Waals surface area contributed by atoms with Crippen LogP contribution in [0.1, 0.15) is 30.9 Å². The Balaban J connectivity index is 1.99. The van der Waals surface area contributed by atoms with Gasteiger partial charge in [0.1, 0.15) is 11.6 Å². The van der Waals surface area contributed by atoms with Gasteiger partial charge in [-0.15, -0.1) is 0 Å². The second-order valence-corrected chi connectivity index (χ2v) is 4.52. The summed E-state index contributed by atoms with van der Waals surface area (Å²) in [5, 5.41) is 2.79. The number of amides is 1. The molecule has 5 nitrogen and oxygen atoms in total. The fourth-order valence-corrected chi connectivity index (χ4v) is 2.10. The summed E-state index contributed by atoms with van der Waals surface area (Å²) in [5.74, 6) is -0.491. The highest BCUT2D eigenvalue weighted by Gasteiger charge is 2.23. The summed E-state index contributed by atoms with van der Waals surface area (Å²) in [6.07, 6.45) is 0.649. The SMILES string of the molecule is COC(=O)CCC(=O)NC1CCOc2ccc(F)cc21. The molecule has 0 spiro atoms. The molecule has 0 saturated heterocycles. The van der Waals surface area contributed by atoms with Crippen molar-refractivity contribution in [2.75, 3.05) is 13.7 Å². The van der Waals surface area contributed by atoms with Crippen molar-refractivity contribution >= 4 is 11.9 Å². The Morgan fingerprint density at radius 3 is 3.00 bits per heavy atom. The number of hydrogen-bond donors (Lipinski definition) is 1. The molecule has 2 rings (SSSR count). The summed E-state index contributed by atoms with van der Waals surface area (Å²) >= 11 is 0. The maximum Gasteiger partial charge on any atom is 0.306 e. The topological polar surface area (TPSA) is 64.6 Å². The molecule has 1 heterocycles. The average molecular weight is 281 g/mol. The molecule has 1 atom stereocenters. The van der Waals surface area contributed by atoms with Gasteiger partial charge in [-0.2, -0.15) is 0 Å². The minimum Gasteiger partial charge on any atom is -0.493 e. The zero-order chi connectivity index (χ0) is 14.5. The Labute approximate surface area is 116 Å². The molecule has 1 aliphatic heterocycles. The van der Waals surface area contributed by atoms with Crippen LogP contribution in [0.5, 0.6) is 5.75 Å². The zero-order valence-corrected chi connectivity index (χ0v) is 11.1. The Bertz CT molecular complexity index is 518. The summed E-state index contributed by atoms with van der Waals surface area (Å²) in [6, 6.07) is 3.94. The number of benzene rings is 1. The number of esters is 1. The number of carbonyl (C=O) groups is 2. The fraction of sp³-hybridized carbons (Fsp3) is 0.429. The van der Waals surface area contributed by atoms with E-state index in [4.69, 9.17) is 4.74 Å². The van der Waals surface area contributed by atoms with Gasteiger partial charge in [0.05, 0.1) is 26.2 Å². The Kier molecular flexibility index (Phi) is 4.55. The lowest BCUT2D eigenvalue weighted by Gasteiger charge is -2.26. The first-order valence-electron chi connectivity index (χ1n) is 6.38. The van der Waals surface area contributed by atoms with E-state index in [2.05, 4.69) is 10.1 Å². The van der Waals surface area contributed by atoms with Gasteiger partial charge in [0.25, 0.3) is 0 Å². The van der Waals surface area contributed by atoms with Crippen LogP contribution in [0, 0.1) is 5.82 Å². The van der Waals surface area contributed by atoms with Crippen LogP contribution in [0.25, 0.3) is 0 Å². The molecule has 1 aromatic carbocycles. The fourth-order valence-electron chi connectivity index (χ4n) is 2.10. The number of nitrogens with one attached hydrogen (secondary N) is 1. The molecule has 0 fully saturated rings. The molecule has 1 aromatic rings. The van der Waals surface area contributed by atoms with Crippen LogP contribution >= 0.6 is 0 Å². The third-order valence-electron chi connectivity index (χ3n) is 3.13. The molecule has 1 unspecified atom stereocenters. The summed E-state index contributed by atoms with van der Waals surface area (Å²) in [4.78, 5) is 22.8. The van der Waals surface area contributed by atoms with Gasteiger partial charge in [0.15, 0.2) is 0 Å². The second-order valence-electron chi connectivity index (χ2n) is 4.52. The van der Waals surface area contributed by atoms with Crippen LogP contribution < -0.4 is 10.1 Å². The Hall–Kier alpha value is -2.11. The van der Waals surface area contributed by atoms with E-state index in [1.54, 1.807) is 6.07 Å². The lowest BCUT2D eigenvalue weighted by molar-refractivity contribution is -0.142. The van der Waals surface area contributed by atoms with Gasteiger partial charge in [-0.05, 0) is 18.2 Å². The van der Waals surface area contributed by atoms with E-state index in [1.165, 1.54) is 19.2 Å². The highest BCUT2D eigenvalue weighted by molar-refractivity contribution is 5.81. The van der Waals surface area contributed by atoms with Gasteiger partial charge in [0.2, 0.25) is 5.91 Å². The molecular formula is C14H16FNO4. The van der Waals surface area contributed by atoms with Crippen LogP contribution in [0.2, 0.25) is 0 Å². The number of rotatable bonds is 4. The summed E-state index contributed by atoms with van der Waals surface area (Å²) in [5.41, 5.74) is 0.627. The zero-order valence-electron chi connectivity index (χ0n) is 11.1. The minimum absolute atomic E-state index is 0.0293. The average Bonchev–Trinajstić information content (AvgIpc) is 2.45. The van der Waals surface area contributed by atoms with E-state index >= 15 is 0 Å². The van der Waals surface area contributed by atoms with Crippen molar-refractivity contribution in [1.82, 2.24) is 5.32 Å². The number of hydrogen-bond acceptors (Lipinski definition) is 4. The van der Waals surface area contributed by atoms with E-state index < -0.39 is 5.97 Å². The number of carbonyl (C=O) groups excluding carboxylic acids is 2. The molecule has 0 bridgehead atoms. The van der Waals surface area contributed by atoms with E-state index in [0.29, 0.717) is 24.3 Å². The van der Waals surface area contributed by atoms with Gasteiger partial charge < -0.3 is 14.8 Å². The molecule has 1 N–H and O–H groups in total. The predicted molar refractivity (Wildman–Crippen MR) is 68.6 cm³/mol. The third kappa shape index (κ3) is 3.46. The van der Waals surface area contributed by atoms with Crippen molar-refractivity contribution in [3.05, 3.63) is 29.6 Å². The van der Waals surface area contributed by atoms with Crippen molar-refractivity contribution in [3.63, 3.8) is 0 Å². The number of halogens is 1. The van der Waals surface area contributed by atoms with E-state index in [1.807, 2.05) is 0 Å². The van der Waals surface area contributed by atoms with Crippen molar-refractivity contribution in [2.24, 2.45) is 0 Å². The molecule has 1 amide bonds. The first-order chi connectivity index (χ1) is 9.60. The molecule has 0 radical (unpaired) electrons. The molecule has 108 valence electrons. The van der Waals surface area contributed by atoms with Gasteiger partial charge in [-0.25, -0.2) is 4.39 Å². The van der Waals surface area contributed by atoms with Crippen molar-refractivity contribution in [1.29, 1.82) is 0 Å².